The van der Waals surface area contributed by atoms with E-state index in [-0.39, 0.29) is 29.4 Å². The Hall–Kier alpha value is -1.47. The minimum absolute atomic E-state index is 0. The molecule has 0 saturated heterocycles. The normalized spacial score (nSPS) is 11.6. The van der Waals surface area contributed by atoms with Gasteiger partial charge in [-0.15, -0.1) is 24.0 Å². The van der Waals surface area contributed by atoms with Crippen LogP contribution in [-0.2, 0) is 5.41 Å². The SMILES string of the molecule is COc1ccc(NC(N)=NCC(C)(C)c2cccc(Cl)c2)cc1.I. The fourth-order valence-corrected chi connectivity index (χ4v) is 2.34. The zero-order valence-electron chi connectivity index (χ0n) is 14.0. The number of benzene rings is 2. The molecule has 0 saturated carbocycles. The van der Waals surface area contributed by atoms with Gasteiger partial charge in [0.2, 0.25) is 0 Å². The smallest absolute Gasteiger partial charge is 0.193 e. The van der Waals surface area contributed by atoms with Crippen LogP contribution >= 0.6 is 35.6 Å². The minimum Gasteiger partial charge on any atom is -0.497 e. The molecule has 0 aliphatic rings. The van der Waals surface area contributed by atoms with Crippen molar-refractivity contribution in [2.24, 2.45) is 10.7 Å². The number of guanidine groups is 1. The summed E-state index contributed by atoms with van der Waals surface area (Å²) < 4.78 is 5.12. The second-order valence-corrected chi connectivity index (χ2v) is 6.39. The first-order chi connectivity index (χ1) is 10.9. The molecule has 0 aliphatic heterocycles. The molecule has 0 unspecified atom stereocenters. The molecule has 0 fully saturated rings. The van der Waals surface area contributed by atoms with Crippen molar-refractivity contribution in [1.29, 1.82) is 0 Å². The Balaban J connectivity index is 0.00000288. The van der Waals surface area contributed by atoms with Crippen LogP contribution in [0.2, 0.25) is 5.02 Å². The number of halogens is 2. The van der Waals surface area contributed by atoms with Crippen LogP contribution in [-0.4, -0.2) is 19.6 Å². The van der Waals surface area contributed by atoms with Gasteiger partial charge in [-0.2, -0.15) is 0 Å². The van der Waals surface area contributed by atoms with Crippen LogP contribution in [0.3, 0.4) is 0 Å². The van der Waals surface area contributed by atoms with E-state index in [0.717, 1.165) is 22.0 Å². The van der Waals surface area contributed by atoms with Crippen LogP contribution in [0, 0.1) is 0 Å². The number of rotatable bonds is 5. The molecule has 0 amide bonds. The topological polar surface area (TPSA) is 59.6 Å². The summed E-state index contributed by atoms with van der Waals surface area (Å²) in [6.07, 6.45) is 0. The van der Waals surface area contributed by atoms with Gasteiger partial charge in [0.15, 0.2) is 5.96 Å². The molecule has 0 heterocycles. The maximum absolute atomic E-state index is 6.06. The third-order valence-electron chi connectivity index (χ3n) is 3.61. The summed E-state index contributed by atoms with van der Waals surface area (Å²) in [7, 11) is 1.64. The third-order valence-corrected chi connectivity index (χ3v) is 3.85. The zero-order valence-corrected chi connectivity index (χ0v) is 17.1. The lowest BCUT2D eigenvalue weighted by molar-refractivity contribution is 0.415. The summed E-state index contributed by atoms with van der Waals surface area (Å²) >= 11 is 6.06. The summed E-state index contributed by atoms with van der Waals surface area (Å²) in [5.41, 5.74) is 7.82. The molecule has 2 aromatic carbocycles. The average Bonchev–Trinajstić information content (AvgIpc) is 2.54. The van der Waals surface area contributed by atoms with E-state index in [9.17, 15) is 0 Å². The van der Waals surface area contributed by atoms with E-state index in [1.165, 1.54) is 0 Å². The number of ether oxygens (including phenoxy) is 1. The molecule has 0 atom stereocenters. The lowest BCUT2D eigenvalue weighted by atomic mass is 9.85. The minimum atomic E-state index is -0.156. The predicted octanol–water partition coefficient (Wildman–Crippen LogP) is 4.67. The Bertz CT molecular complexity index is 687. The first-order valence-electron chi connectivity index (χ1n) is 7.38. The maximum Gasteiger partial charge on any atom is 0.193 e. The van der Waals surface area contributed by atoms with Gasteiger partial charge in [0.1, 0.15) is 5.75 Å². The van der Waals surface area contributed by atoms with Gasteiger partial charge in [-0.05, 0) is 42.0 Å². The number of hydrogen-bond acceptors (Lipinski definition) is 2. The van der Waals surface area contributed by atoms with Crippen molar-refractivity contribution in [3.63, 3.8) is 0 Å². The number of nitrogens with zero attached hydrogens (tertiary/aromatic N) is 1. The Kier molecular flexibility index (Phi) is 7.83. The molecule has 4 nitrogen and oxygen atoms in total. The highest BCUT2D eigenvalue weighted by atomic mass is 127. The summed E-state index contributed by atoms with van der Waals surface area (Å²) in [4.78, 5) is 4.45. The van der Waals surface area contributed by atoms with Gasteiger partial charge < -0.3 is 15.8 Å². The number of anilines is 1. The van der Waals surface area contributed by atoms with Gasteiger partial charge in [-0.1, -0.05) is 37.6 Å². The quantitative estimate of drug-likeness (QED) is 0.388. The van der Waals surface area contributed by atoms with Crippen molar-refractivity contribution < 1.29 is 4.74 Å². The molecule has 2 aromatic rings. The van der Waals surface area contributed by atoms with Crippen molar-refractivity contribution in [2.45, 2.75) is 19.3 Å². The van der Waals surface area contributed by atoms with E-state index >= 15 is 0 Å². The van der Waals surface area contributed by atoms with Crippen molar-refractivity contribution in [2.75, 3.05) is 19.0 Å². The summed E-state index contributed by atoms with van der Waals surface area (Å²) in [6, 6.07) is 15.3. The van der Waals surface area contributed by atoms with E-state index in [1.807, 2.05) is 42.5 Å². The molecule has 0 radical (unpaired) electrons. The molecular formula is C18H23ClIN3O. The number of nitrogens with one attached hydrogen (secondary N) is 1. The second kappa shape index (κ2) is 9.13. The molecule has 130 valence electrons. The molecule has 0 bridgehead atoms. The fraction of sp³-hybridized carbons (Fsp3) is 0.278. The molecule has 24 heavy (non-hydrogen) atoms. The molecule has 3 N–H and O–H groups in total. The Morgan fingerprint density at radius 1 is 1.21 bits per heavy atom. The van der Waals surface area contributed by atoms with Crippen LogP contribution in [0.5, 0.6) is 5.75 Å². The average molecular weight is 460 g/mol. The van der Waals surface area contributed by atoms with E-state index in [1.54, 1.807) is 7.11 Å². The maximum atomic E-state index is 6.06. The standard InChI is InChI=1S/C18H22ClN3O.HI/c1-18(2,13-5-4-6-14(19)11-13)12-21-17(20)22-15-7-9-16(23-3)10-8-15;/h4-11H,12H2,1-3H3,(H3,20,21,22);1H. The van der Waals surface area contributed by atoms with Crippen LogP contribution < -0.4 is 15.8 Å². The van der Waals surface area contributed by atoms with Gasteiger partial charge in [0.25, 0.3) is 0 Å². The van der Waals surface area contributed by atoms with E-state index in [0.29, 0.717) is 12.5 Å². The van der Waals surface area contributed by atoms with Crippen LogP contribution in [0.15, 0.2) is 53.5 Å². The monoisotopic (exact) mass is 459 g/mol. The second-order valence-electron chi connectivity index (χ2n) is 5.95. The zero-order chi connectivity index (χ0) is 16.9. The van der Waals surface area contributed by atoms with Crippen molar-refractivity contribution in [3.05, 3.63) is 59.1 Å². The summed E-state index contributed by atoms with van der Waals surface area (Å²) in [5, 5.41) is 3.80. The van der Waals surface area contributed by atoms with Gasteiger partial charge in [0, 0.05) is 16.1 Å². The third kappa shape index (κ3) is 5.87. The highest BCUT2D eigenvalue weighted by molar-refractivity contribution is 14.0. The van der Waals surface area contributed by atoms with Gasteiger partial charge in [-0.25, -0.2) is 0 Å². The number of aliphatic imine (C=N–C) groups is 1. The van der Waals surface area contributed by atoms with E-state index in [4.69, 9.17) is 22.1 Å². The van der Waals surface area contributed by atoms with Gasteiger partial charge in [0.05, 0.1) is 13.7 Å². The van der Waals surface area contributed by atoms with Gasteiger partial charge >= 0.3 is 0 Å². The number of hydrogen-bond donors (Lipinski definition) is 2. The Labute approximate surface area is 165 Å². The Morgan fingerprint density at radius 2 is 1.88 bits per heavy atom. The van der Waals surface area contributed by atoms with Crippen LogP contribution in [0.4, 0.5) is 5.69 Å². The van der Waals surface area contributed by atoms with E-state index in [2.05, 4.69) is 30.2 Å². The number of nitrogens with two attached hydrogens (primary N) is 1. The lowest BCUT2D eigenvalue weighted by Gasteiger charge is -2.23. The van der Waals surface area contributed by atoms with Crippen molar-refractivity contribution in [1.82, 2.24) is 0 Å². The lowest BCUT2D eigenvalue weighted by Crippen LogP contribution is -2.27. The molecule has 6 heteroatoms. The van der Waals surface area contributed by atoms with Crippen LogP contribution in [0.1, 0.15) is 19.4 Å². The predicted molar refractivity (Wildman–Crippen MR) is 113 cm³/mol. The fourth-order valence-electron chi connectivity index (χ4n) is 2.15. The molecule has 0 aromatic heterocycles. The Morgan fingerprint density at radius 3 is 2.46 bits per heavy atom. The number of methoxy groups -OCH3 is 1. The first kappa shape index (κ1) is 20.6. The molecule has 0 aliphatic carbocycles. The first-order valence-corrected chi connectivity index (χ1v) is 7.75. The van der Waals surface area contributed by atoms with Crippen molar-refractivity contribution in [3.8, 4) is 5.75 Å². The van der Waals surface area contributed by atoms with E-state index < -0.39 is 0 Å². The van der Waals surface area contributed by atoms with Gasteiger partial charge in [-0.3, -0.25) is 4.99 Å². The summed E-state index contributed by atoms with van der Waals surface area (Å²) in [5.74, 6) is 1.18. The van der Waals surface area contributed by atoms with Crippen molar-refractivity contribution >= 4 is 47.2 Å². The largest absolute Gasteiger partial charge is 0.497 e. The summed E-state index contributed by atoms with van der Waals surface area (Å²) in [6.45, 7) is 4.79. The molecular weight excluding hydrogens is 437 g/mol. The molecule has 0 spiro atoms. The molecule has 2 rings (SSSR count). The highest BCUT2D eigenvalue weighted by Crippen LogP contribution is 2.26. The van der Waals surface area contributed by atoms with Crippen LogP contribution in [0.25, 0.3) is 0 Å². The highest BCUT2D eigenvalue weighted by Gasteiger charge is 2.20.